The van der Waals surface area contributed by atoms with Gasteiger partial charge < -0.3 is 0 Å². The number of para-hydroxylation sites is 1. The first-order chi connectivity index (χ1) is 20.7. The number of hydrogen-bond donors (Lipinski definition) is 0. The molecule has 0 bridgehead atoms. The van der Waals surface area contributed by atoms with E-state index in [1.807, 2.05) is 6.07 Å². The van der Waals surface area contributed by atoms with E-state index in [1.165, 1.54) is 16.3 Å². The topological polar surface area (TPSA) is 51.6 Å². The van der Waals surface area contributed by atoms with Gasteiger partial charge in [0.25, 0.3) is 0 Å². The van der Waals surface area contributed by atoms with Crippen molar-refractivity contribution in [3.8, 4) is 22.8 Å². The van der Waals surface area contributed by atoms with E-state index in [0.717, 1.165) is 48.4 Å². The molecule has 5 aromatic rings. The fourth-order valence-corrected chi connectivity index (χ4v) is 8.54. The van der Waals surface area contributed by atoms with Gasteiger partial charge in [0.1, 0.15) is 3.28 Å². The number of hydrogen-bond acceptors (Lipinski definition) is 4. The summed E-state index contributed by atoms with van der Waals surface area (Å²) >= 11 is -1.69. The molecule has 0 saturated heterocycles. The summed E-state index contributed by atoms with van der Waals surface area (Å²) in [6, 6.07) is 25.8. The van der Waals surface area contributed by atoms with Crippen LogP contribution in [-0.4, -0.2) is 24.5 Å². The second-order valence-corrected chi connectivity index (χ2v) is 18.2. The van der Waals surface area contributed by atoms with Gasteiger partial charge in [0, 0.05) is 38.0 Å². The molecule has 0 unspecified atom stereocenters. The molecule has 0 saturated carbocycles. The standard InChI is InChI=1S/C39H41IN4/c1-37(2,3)32-29-13-10-11-15-31(29)41-35(42-32)25-16-20-27(21-17-25)39(7,8)28-22-18-26(19-23-28)36-43-33(38(4,5)6)30-14-12-24-40(9)34(30)44-36/h10-24H,9H2,1-8H3. The van der Waals surface area contributed by atoms with Crippen LogP contribution < -0.4 is 5.22 Å². The van der Waals surface area contributed by atoms with Crippen LogP contribution in [0.2, 0.25) is 0 Å². The van der Waals surface area contributed by atoms with E-state index in [-0.39, 0.29) is 16.2 Å². The van der Waals surface area contributed by atoms with Gasteiger partial charge in [-0.05, 0) is 21.3 Å². The van der Waals surface area contributed by atoms with Crippen molar-refractivity contribution in [2.45, 2.75) is 71.6 Å². The summed E-state index contributed by atoms with van der Waals surface area (Å²) < 4.78 is 7.89. The minimum atomic E-state index is -1.69. The number of aromatic nitrogens is 4. The lowest BCUT2D eigenvalue weighted by Crippen LogP contribution is -2.27. The van der Waals surface area contributed by atoms with Gasteiger partial charge in [-0.1, -0.05) is 139 Å². The molecule has 3 aromatic carbocycles. The monoisotopic (exact) mass is 692 g/mol. The Morgan fingerprint density at radius 3 is 1.68 bits per heavy atom. The summed E-state index contributed by atoms with van der Waals surface area (Å²) in [6.45, 7) is 17.8. The van der Waals surface area contributed by atoms with E-state index in [2.05, 4.69) is 143 Å². The van der Waals surface area contributed by atoms with Crippen molar-refractivity contribution in [2.24, 2.45) is 0 Å². The molecule has 3 heterocycles. The maximum atomic E-state index is 5.10. The van der Waals surface area contributed by atoms with Crippen molar-refractivity contribution in [1.82, 2.24) is 19.9 Å². The molecule has 0 spiro atoms. The van der Waals surface area contributed by atoms with Gasteiger partial charge in [-0.15, -0.1) is 18.9 Å². The van der Waals surface area contributed by atoms with Crippen LogP contribution in [0, 0.1) is 3.28 Å². The Labute approximate surface area is 267 Å². The summed E-state index contributed by atoms with van der Waals surface area (Å²) in [6.07, 6.45) is 4.30. The molecule has 0 fully saturated rings. The highest BCUT2D eigenvalue weighted by Crippen LogP contribution is 2.35. The molecule has 1 aliphatic rings. The van der Waals surface area contributed by atoms with Crippen LogP contribution in [0.25, 0.3) is 39.8 Å². The Morgan fingerprint density at radius 1 is 0.591 bits per heavy atom. The first-order valence-electron chi connectivity index (χ1n) is 15.1. The summed E-state index contributed by atoms with van der Waals surface area (Å²) in [5.74, 6) is 1.56. The molecule has 224 valence electrons. The van der Waals surface area contributed by atoms with Crippen molar-refractivity contribution in [3.63, 3.8) is 0 Å². The summed E-state index contributed by atoms with van der Waals surface area (Å²) in [5, 5.41) is 2.29. The van der Waals surface area contributed by atoms with Crippen LogP contribution in [0.1, 0.15) is 77.9 Å². The highest BCUT2D eigenvalue weighted by molar-refractivity contribution is 14.2. The molecule has 44 heavy (non-hydrogen) atoms. The zero-order valence-corrected chi connectivity index (χ0v) is 29.2. The van der Waals surface area contributed by atoms with Gasteiger partial charge in [-0.25, -0.2) is 19.9 Å². The highest BCUT2D eigenvalue weighted by atomic mass is 127. The first-order valence-corrected chi connectivity index (χ1v) is 19.0. The van der Waals surface area contributed by atoms with Crippen LogP contribution >= 0.6 is 18.9 Å². The minimum absolute atomic E-state index is 0.0826. The third-order valence-corrected chi connectivity index (χ3v) is 11.8. The number of rotatable bonds is 4. The molecule has 2 aromatic heterocycles. The van der Waals surface area contributed by atoms with Crippen molar-refractivity contribution in [2.75, 3.05) is 0 Å². The van der Waals surface area contributed by atoms with Gasteiger partial charge in [0.2, 0.25) is 0 Å². The van der Waals surface area contributed by atoms with Crippen molar-refractivity contribution in [3.05, 3.63) is 114 Å². The molecular formula is C39H41IN4. The van der Waals surface area contributed by atoms with Gasteiger partial charge in [0.05, 0.1) is 16.9 Å². The predicted octanol–water partition coefficient (Wildman–Crippen LogP) is 9.17. The molecule has 0 N–H and O–H groups in total. The number of allylic oxidation sites excluding steroid dienone is 1. The SMILES string of the molecule is C=I1=c2nc(-c3ccc(C(C)(C)c4ccc(-c5nc(C(C)(C)C)c6ccccc6n5)cc4)cc3)nc(C(C)(C)C)c2=CC=C1. The fourth-order valence-electron chi connectivity index (χ4n) is 5.77. The number of nitrogens with zero attached hydrogens (tertiary/aromatic N) is 4. The van der Waals surface area contributed by atoms with E-state index in [9.17, 15) is 0 Å². The van der Waals surface area contributed by atoms with Crippen LogP contribution in [-0.2, 0) is 16.2 Å². The minimum Gasteiger partial charge on any atom is -0.232 e. The van der Waals surface area contributed by atoms with E-state index in [4.69, 9.17) is 19.9 Å². The predicted molar refractivity (Wildman–Crippen MR) is 195 cm³/mol. The molecule has 0 amide bonds. The third-order valence-electron chi connectivity index (χ3n) is 8.37. The zero-order valence-electron chi connectivity index (χ0n) is 27.0. The van der Waals surface area contributed by atoms with Gasteiger partial charge in [0.15, 0.2) is 11.6 Å². The Kier molecular flexibility index (Phi) is 7.60. The highest BCUT2D eigenvalue weighted by Gasteiger charge is 2.25. The van der Waals surface area contributed by atoms with Crippen LogP contribution in [0.5, 0.6) is 0 Å². The van der Waals surface area contributed by atoms with Crippen LogP contribution in [0.15, 0.2) is 83.0 Å². The lowest BCUT2D eigenvalue weighted by atomic mass is 9.77. The third kappa shape index (κ3) is 5.63. The van der Waals surface area contributed by atoms with E-state index in [0.29, 0.717) is 0 Å². The summed E-state index contributed by atoms with van der Waals surface area (Å²) in [7, 11) is 0. The first kappa shape index (κ1) is 30.3. The lowest BCUT2D eigenvalue weighted by Gasteiger charge is -2.27. The van der Waals surface area contributed by atoms with E-state index in [1.54, 1.807) is 0 Å². The molecule has 4 nitrogen and oxygen atoms in total. The average molecular weight is 693 g/mol. The van der Waals surface area contributed by atoms with Crippen molar-refractivity contribution < 1.29 is 0 Å². The van der Waals surface area contributed by atoms with Crippen molar-refractivity contribution in [1.29, 1.82) is 0 Å². The summed E-state index contributed by atoms with van der Waals surface area (Å²) in [5.41, 5.74) is 7.32. The van der Waals surface area contributed by atoms with E-state index < -0.39 is 18.9 Å². The second kappa shape index (κ2) is 11.0. The normalized spacial score (nSPS) is 14.0. The molecular weight excluding hydrogens is 651 g/mol. The van der Waals surface area contributed by atoms with Gasteiger partial charge in [-0.3, -0.25) is 0 Å². The number of halogens is 1. The quantitative estimate of drug-likeness (QED) is 0.176. The molecule has 0 atom stereocenters. The number of benzene rings is 3. The Balaban J connectivity index is 1.33. The number of fused-ring (bicyclic) bond motifs is 2. The molecule has 6 rings (SSSR count). The lowest BCUT2D eigenvalue weighted by molar-refractivity contribution is 0.562. The Bertz CT molecular complexity index is 2100. The van der Waals surface area contributed by atoms with Crippen LogP contribution in [0.4, 0.5) is 0 Å². The maximum Gasteiger partial charge on any atom is 0.160 e. The fraction of sp³-hybridized carbons (Fsp3) is 0.282. The van der Waals surface area contributed by atoms with Gasteiger partial charge >= 0.3 is 0 Å². The summed E-state index contributed by atoms with van der Waals surface area (Å²) in [4.78, 5) is 20.2. The Hall–Kier alpha value is -3.71. The second-order valence-electron chi connectivity index (χ2n) is 14.2. The molecule has 0 aliphatic carbocycles. The largest absolute Gasteiger partial charge is 0.232 e. The molecule has 0 radical (unpaired) electrons. The average Bonchev–Trinajstić information content (AvgIpc) is 2.99. The molecule has 5 heteroatoms. The zero-order chi connectivity index (χ0) is 31.4. The van der Waals surface area contributed by atoms with Crippen LogP contribution in [0.3, 0.4) is 0 Å². The van der Waals surface area contributed by atoms with E-state index >= 15 is 0 Å². The van der Waals surface area contributed by atoms with Gasteiger partial charge in [-0.2, -0.15) is 0 Å². The maximum absolute atomic E-state index is 5.10. The Morgan fingerprint density at radius 2 is 1.11 bits per heavy atom. The smallest absolute Gasteiger partial charge is 0.160 e. The molecule has 1 aliphatic heterocycles. The van der Waals surface area contributed by atoms with Crippen molar-refractivity contribution >= 4 is 40.4 Å².